The van der Waals surface area contributed by atoms with Crippen LogP contribution in [0.25, 0.3) is 0 Å². The van der Waals surface area contributed by atoms with Gasteiger partial charge in [0.2, 0.25) is 0 Å². The summed E-state index contributed by atoms with van der Waals surface area (Å²) in [5.74, 6) is 1.36. The highest BCUT2D eigenvalue weighted by atomic mass is 35.5. The molecule has 0 spiro atoms. The molecule has 0 aliphatic carbocycles. The molecule has 2 aromatic carbocycles. The molecule has 1 aromatic heterocycles. The summed E-state index contributed by atoms with van der Waals surface area (Å²) in [6, 6.07) is 16.6. The zero-order valence-corrected chi connectivity index (χ0v) is 25.3. The third-order valence-corrected chi connectivity index (χ3v) is 8.04. The Hall–Kier alpha value is -3.27. The van der Waals surface area contributed by atoms with Crippen LogP contribution in [0.2, 0.25) is 5.15 Å². The van der Waals surface area contributed by atoms with E-state index in [2.05, 4.69) is 39.6 Å². The molecule has 1 saturated heterocycles. The second-order valence-corrected chi connectivity index (χ2v) is 10.9. The average molecular weight is 604 g/mol. The number of nitrogens with zero attached hydrogens (tertiary/aromatic N) is 3. The lowest BCUT2D eigenvalue weighted by Gasteiger charge is -2.45. The Bertz CT molecular complexity index is 1220. The second kappa shape index (κ2) is 15.1. The van der Waals surface area contributed by atoms with E-state index in [0.717, 1.165) is 80.7 Å². The molecular formula is C30H40Cl2N6O3. The van der Waals surface area contributed by atoms with E-state index in [1.165, 1.54) is 11.1 Å². The molecule has 5 N–H and O–H groups in total. The number of ether oxygens (including phenoxy) is 2. The quantitative estimate of drug-likeness (QED) is 0.267. The summed E-state index contributed by atoms with van der Waals surface area (Å²) < 4.78 is 11.6. The lowest BCUT2D eigenvalue weighted by atomic mass is 9.99. The number of hydrogen-bond acceptors (Lipinski definition) is 7. The van der Waals surface area contributed by atoms with E-state index in [9.17, 15) is 4.79 Å². The Morgan fingerprint density at radius 3 is 1.98 bits per heavy atom. The molecule has 3 aromatic rings. The number of nitrogens with two attached hydrogens (primary N) is 2. The third kappa shape index (κ3) is 8.86. The van der Waals surface area contributed by atoms with E-state index in [-0.39, 0.29) is 46.8 Å². The first-order chi connectivity index (χ1) is 19.3. The molecule has 41 heavy (non-hydrogen) atoms. The Labute approximate surface area is 253 Å². The number of anilines is 2. The number of hydrogen-bond donors (Lipinski definition) is 3. The van der Waals surface area contributed by atoms with Gasteiger partial charge in [-0.3, -0.25) is 4.79 Å². The van der Waals surface area contributed by atoms with E-state index in [1.54, 1.807) is 14.2 Å². The van der Waals surface area contributed by atoms with Crippen LogP contribution in [0, 0.1) is 0 Å². The SMILES string of the molecule is COc1ccc(CCC[N+]2(CCCc3ccc(OC)cc3)CCC[C@H](NC(=O)c3nc(Cl)c(N)nc3N)C2)cc1.[Cl-]. The van der Waals surface area contributed by atoms with Crippen LogP contribution in [0.15, 0.2) is 48.5 Å². The van der Waals surface area contributed by atoms with Crippen LogP contribution in [0.4, 0.5) is 11.6 Å². The smallest absolute Gasteiger partial charge is 0.274 e. The molecule has 11 heteroatoms. The van der Waals surface area contributed by atoms with Gasteiger partial charge in [0.25, 0.3) is 5.91 Å². The minimum absolute atomic E-state index is 0. The number of benzene rings is 2. The maximum Gasteiger partial charge on any atom is 0.274 e. The number of nitrogens with one attached hydrogen (secondary N) is 1. The average Bonchev–Trinajstić information content (AvgIpc) is 2.96. The zero-order chi connectivity index (χ0) is 28.5. The number of piperidine rings is 1. The summed E-state index contributed by atoms with van der Waals surface area (Å²) >= 11 is 6.02. The fourth-order valence-electron chi connectivity index (χ4n) is 5.64. The van der Waals surface area contributed by atoms with E-state index < -0.39 is 0 Å². The number of nitrogen functional groups attached to an aromatic ring is 2. The van der Waals surface area contributed by atoms with Crippen molar-refractivity contribution in [2.24, 2.45) is 0 Å². The highest BCUT2D eigenvalue weighted by Crippen LogP contribution is 2.24. The predicted octanol–water partition coefficient (Wildman–Crippen LogP) is 1.29. The maximum atomic E-state index is 13.1. The molecule has 4 rings (SSSR count). The second-order valence-electron chi connectivity index (χ2n) is 10.5. The highest BCUT2D eigenvalue weighted by Gasteiger charge is 2.35. The monoisotopic (exact) mass is 602 g/mol. The van der Waals surface area contributed by atoms with Gasteiger partial charge in [-0.2, -0.15) is 0 Å². The summed E-state index contributed by atoms with van der Waals surface area (Å²) in [5, 5.41) is 3.13. The summed E-state index contributed by atoms with van der Waals surface area (Å²) in [6.45, 7) is 4.02. The van der Waals surface area contributed by atoms with Crippen LogP contribution in [0.5, 0.6) is 11.5 Å². The van der Waals surface area contributed by atoms with Gasteiger partial charge in [-0.05, 0) is 61.1 Å². The Balaban J connectivity index is 0.00000462. The minimum Gasteiger partial charge on any atom is -1.00 e. The number of amides is 1. The zero-order valence-electron chi connectivity index (χ0n) is 23.7. The lowest BCUT2D eigenvalue weighted by molar-refractivity contribution is -0.933. The predicted molar refractivity (Wildman–Crippen MR) is 159 cm³/mol. The van der Waals surface area contributed by atoms with Gasteiger partial charge in [-0.15, -0.1) is 0 Å². The van der Waals surface area contributed by atoms with Crippen LogP contribution < -0.4 is 38.7 Å². The van der Waals surface area contributed by atoms with Crippen molar-refractivity contribution < 1.29 is 31.2 Å². The molecule has 1 aliphatic heterocycles. The first kappa shape index (κ1) is 32.2. The third-order valence-electron chi connectivity index (χ3n) is 7.76. The molecule has 0 unspecified atom stereocenters. The first-order valence-corrected chi connectivity index (χ1v) is 14.2. The standard InChI is InChI=1S/C30H39ClN6O3.ClH/c1-39-24-13-9-21(10-14-24)6-3-17-37(18-4-7-22-11-15-25(40-2)16-12-22)19-5-8-23(20-37)34-30(38)26-28(32)36-29(33)27(31)35-26;/h9-16,23H,3-8,17-20H2,1-2H3,(H4-,32,33,34,36,38);1H/t23-;/m0./s1. The van der Waals surface area contributed by atoms with Gasteiger partial charge in [0.15, 0.2) is 22.5 Å². The number of carbonyl (C=O) groups is 1. The van der Waals surface area contributed by atoms with Crippen molar-refractivity contribution in [3.05, 3.63) is 70.5 Å². The van der Waals surface area contributed by atoms with Crippen molar-refractivity contribution in [2.45, 2.75) is 44.6 Å². The lowest BCUT2D eigenvalue weighted by Crippen LogP contribution is -3.00. The van der Waals surface area contributed by atoms with Crippen LogP contribution in [-0.4, -0.2) is 66.8 Å². The highest BCUT2D eigenvalue weighted by molar-refractivity contribution is 6.31. The molecule has 0 bridgehead atoms. The van der Waals surface area contributed by atoms with Crippen LogP contribution in [0.1, 0.15) is 47.3 Å². The number of quaternary nitrogens is 1. The van der Waals surface area contributed by atoms with Gasteiger partial charge in [-0.1, -0.05) is 35.9 Å². The van der Waals surface area contributed by atoms with E-state index in [1.807, 2.05) is 24.3 Å². The van der Waals surface area contributed by atoms with Crippen molar-refractivity contribution in [2.75, 3.05) is 51.9 Å². The van der Waals surface area contributed by atoms with Gasteiger partial charge < -0.3 is 43.1 Å². The molecule has 9 nitrogen and oxygen atoms in total. The molecule has 1 aliphatic rings. The Kier molecular flexibility index (Phi) is 11.9. The van der Waals surface area contributed by atoms with Crippen LogP contribution in [-0.2, 0) is 12.8 Å². The summed E-state index contributed by atoms with van der Waals surface area (Å²) in [6.07, 6.45) is 6.03. The van der Waals surface area contributed by atoms with Crippen LogP contribution in [0.3, 0.4) is 0 Å². The number of methoxy groups -OCH3 is 2. The Morgan fingerprint density at radius 1 is 0.927 bits per heavy atom. The van der Waals surface area contributed by atoms with Gasteiger partial charge >= 0.3 is 0 Å². The fourth-order valence-corrected chi connectivity index (χ4v) is 5.77. The number of rotatable bonds is 12. The van der Waals surface area contributed by atoms with Gasteiger partial charge in [0.1, 0.15) is 11.5 Å². The molecular weight excluding hydrogens is 563 g/mol. The Morgan fingerprint density at radius 2 is 1.46 bits per heavy atom. The number of likely N-dealkylation sites (tertiary alicyclic amines) is 1. The number of halogens is 2. The largest absolute Gasteiger partial charge is 1.00 e. The van der Waals surface area contributed by atoms with Crippen molar-refractivity contribution in [1.82, 2.24) is 15.3 Å². The van der Waals surface area contributed by atoms with E-state index in [4.69, 9.17) is 32.5 Å². The van der Waals surface area contributed by atoms with Crippen LogP contribution >= 0.6 is 11.6 Å². The van der Waals surface area contributed by atoms with Gasteiger partial charge in [0, 0.05) is 12.8 Å². The van der Waals surface area contributed by atoms with E-state index in [0.29, 0.717) is 0 Å². The van der Waals surface area contributed by atoms with Crippen molar-refractivity contribution in [1.29, 1.82) is 0 Å². The van der Waals surface area contributed by atoms with Gasteiger partial charge in [-0.25, -0.2) is 9.97 Å². The maximum absolute atomic E-state index is 13.1. The van der Waals surface area contributed by atoms with Gasteiger partial charge in [0.05, 0.1) is 46.4 Å². The molecule has 222 valence electrons. The normalized spacial score (nSPS) is 15.9. The molecule has 1 atom stereocenters. The van der Waals surface area contributed by atoms with Crippen molar-refractivity contribution in [3.63, 3.8) is 0 Å². The van der Waals surface area contributed by atoms with Crippen molar-refractivity contribution >= 4 is 29.1 Å². The molecule has 1 amide bonds. The minimum atomic E-state index is -0.367. The fraction of sp³-hybridized carbons (Fsp3) is 0.433. The summed E-state index contributed by atoms with van der Waals surface area (Å²) in [7, 11) is 3.37. The summed E-state index contributed by atoms with van der Waals surface area (Å²) in [5.41, 5.74) is 14.2. The topological polar surface area (TPSA) is 125 Å². The van der Waals surface area contributed by atoms with Crippen molar-refractivity contribution in [3.8, 4) is 11.5 Å². The number of aromatic nitrogens is 2. The first-order valence-electron chi connectivity index (χ1n) is 13.8. The molecule has 0 saturated carbocycles. The number of aryl methyl sites for hydroxylation is 2. The molecule has 1 fully saturated rings. The summed E-state index contributed by atoms with van der Waals surface area (Å²) in [4.78, 5) is 21.1. The molecule has 0 radical (unpaired) electrons. The molecule has 2 heterocycles. The number of carbonyl (C=O) groups excluding carboxylic acids is 1. The van der Waals surface area contributed by atoms with E-state index >= 15 is 0 Å².